The molecule has 5 nitrogen and oxygen atoms in total. The summed E-state index contributed by atoms with van der Waals surface area (Å²) in [6.07, 6.45) is 0. The van der Waals surface area contributed by atoms with Crippen molar-refractivity contribution in [3.05, 3.63) is 59.7 Å². The summed E-state index contributed by atoms with van der Waals surface area (Å²) in [5.41, 5.74) is 0.858. The Kier molecular flexibility index (Phi) is 4.80. The summed E-state index contributed by atoms with van der Waals surface area (Å²) >= 11 is 0. The number of urea groups is 1. The summed E-state index contributed by atoms with van der Waals surface area (Å²) in [5, 5.41) is 11.7. The van der Waals surface area contributed by atoms with Gasteiger partial charge >= 0.3 is 6.03 Å². The maximum atomic E-state index is 13.8. The minimum atomic E-state index is -0.534. The number of rotatable bonds is 2. The fraction of sp³-hybridized carbons (Fsp3) is 0.222. The van der Waals surface area contributed by atoms with Crippen molar-refractivity contribution < 1.29 is 13.6 Å². The number of hydrogen-bond acceptors (Lipinski definition) is 3. The molecule has 1 N–H and O–H groups in total. The average molecular weight is 342 g/mol. The molecular formula is C18H16F2N4O. The number of para-hydroxylation sites is 1. The molecule has 2 aromatic carbocycles. The van der Waals surface area contributed by atoms with Crippen LogP contribution in [0.25, 0.3) is 0 Å². The lowest BCUT2D eigenvalue weighted by Crippen LogP contribution is -2.50. The molecule has 2 aromatic rings. The third-order valence-corrected chi connectivity index (χ3v) is 4.10. The molecule has 0 unspecified atom stereocenters. The zero-order chi connectivity index (χ0) is 17.8. The Bertz CT molecular complexity index is 826. The predicted octanol–water partition coefficient (Wildman–Crippen LogP) is 3.19. The Morgan fingerprint density at radius 3 is 2.48 bits per heavy atom. The van der Waals surface area contributed by atoms with Gasteiger partial charge in [0, 0.05) is 26.2 Å². The molecule has 0 bridgehead atoms. The van der Waals surface area contributed by atoms with Crippen LogP contribution in [0.2, 0.25) is 0 Å². The van der Waals surface area contributed by atoms with Crippen LogP contribution in [-0.2, 0) is 0 Å². The Morgan fingerprint density at radius 2 is 1.80 bits per heavy atom. The molecule has 0 radical (unpaired) electrons. The second-order valence-electron chi connectivity index (χ2n) is 5.66. The first-order valence-electron chi connectivity index (χ1n) is 7.83. The van der Waals surface area contributed by atoms with Gasteiger partial charge in [-0.25, -0.2) is 13.6 Å². The normalized spacial score (nSPS) is 14.1. The van der Waals surface area contributed by atoms with Crippen molar-refractivity contribution >= 4 is 17.4 Å². The fourth-order valence-electron chi connectivity index (χ4n) is 2.77. The molecule has 128 valence electrons. The van der Waals surface area contributed by atoms with Crippen molar-refractivity contribution in [2.45, 2.75) is 0 Å². The molecule has 7 heteroatoms. The quantitative estimate of drug-likeness (QED) is 0.912. The molecule has 0 spiro atoms. The summed E-state index contributed by atoms with van der Waals surface area (Å²) in [4.78, 5) is 15.8. The highest BCUT2D eigenvalue weighted by Gasteiger charge is 2.23. The first-order valence-corrected chi connectivity index (χ1v) is 7.83. The Balaban J connectivity index is 1.63. The highest BCUT2D eigenvalue weighted by Crippen LogP contribution is 2.21. The van der Waals surface area contributed by atoms with Gasteiger partial charge in [-0.2, -0.15) is 5.26 Å². The van der Waals surface area contributed by atoms with Crippen LogP contribution in [0, 0.1) is 23.0 Å². The van der Waals surface area contributed by atoms with Crippen molar-refractivity contribution in [1.29, 1.82) is 5.26 Å². The first-order chi connectivity index (χ1) is 12.1. The maximum absolute atomic E-state index is 13.8. The van der Waals surface area contributed by atoms with Gasteiger partial charge in [0.15, 0.2) is 0 Å². The number of halogens is 2. The van der Waals surface area contributed by atoms with Crippen molar-refractivity contribution in [2.24, 2.45) is 0 Å². The highest BCUT2D eigenvalue weighted by atomic mass is 19.1. The van der Waals surface area contributed by atoms with E-state index < -0.39 is 5.82 Å². The van der Waals surface area contributed by atoms with Crippen LogP contribution >= 0.6 is 0 Å². The number of benzene rings is 2. The number of carbonyl (C=O) groups excluding carboxylic acids is 1. The molecule has 1 aliphatic heterocycles. The van der Waals surface area contributed by atoms with E-state index in [0.717, 1.165) is 6.07 Å². The van der Waals surface area contributed by atoms with E-state index in [9.17, 15) is 13.6 Å². The fourth-order valence-corrected chi connectivity index (χ4v) is 2.77. The van der Waals surface area contributed by atoms with Gasteiger partial charge in [-0.3, -0.25) is 0 Å². The van der Waals surface area contributed by atoms with Crippen LogP contribution in [0.1, 0.15) is 5.56 Å². The maximum Gasteiger partial charge on any atom is 0.322 e. The van der Waals surface area contributed by atoms with Gasteiger partial charge in [-0.15, -0.1) is 0 Å². The molecule has 1 aliphatic rings. The summed E-state index contributed by atoms with van der Waals surface area (Å²) < 4.78 is 27.0. The SMILES string of the molecule is N#Cc1cc(F)ccc1NC(=O)N1CCN(c2ccccc2F)CC1. The Hall–Kier alpha value is -3.14. The zero-order valence-corrected chi connectivity index (χ0v) is 13.4. The topological polar surface area (TPSA) is 59.4 Å². The Labute approximate surface area is 144 Å². The van der Waals surface area contributed by atoms with E-state index in [1.165, 1.54) is 18.2 Å². The third-order valence-electron chi connectivity index (χ3n) is 4.10. The van der Waals surface area contributed by atoms with E-state index in [-0.39, 0.29) is 23.1 Å². The van der Waals surface area contributed by atoms with Crippen molar-refractivity contribution in [2.75, 3.05) is 36.4 Å². The predicted molar refractivity (Wildman–Crippen MR) is 90.3 cm³/mol. The summed E-state index contributed by atoms with van der Waals surface area (Å²) in [6, 6.07) is 11.6. The van der Waals surface area contributed by atoms with Crippen LogP contribution in [-0.4, -0.2) is 37.1 Å². The number of nitrogens with zero attached hydrogens (tertiary/aromatic N) is 3. The van der Waals surface area contributed by atoms with Gasteiger partial charge in [0.25, 0.3) is 0 Å². The van der Waals surface area contributed by atoms with E-state index in [0.29, 0.717) is 31.9 Å². The van der Waals surface area contributed by atoms with Gasteiger partial charge in [-0.1, -0.05) is 12.1 Å². The van der Waals surface area contributed by atoms with Gasteiger partial charge in [0.05, 0.1) is 16.9 Å². The second kappa shape index (κ2) is 7.18. The standard InChI is InChI=1S/C18H16F2N4O/c19-14-5-6-16(13(11-14)12-21)22-18(25)24-9-7-23(8-10-24)17-4-2-1-3-15(17)20/h1-6,11H,7-10H2,(H,22,25). The van der Waals surface area contributed by atoms with E-state index in [1.54, 1.807) is 23.1 Å². The molecule has 3 rings (SSSR count). The van der Waals surface area contributed by atoms with Crippen LogP contribution in [0.15, 0.2) is 42.5 Å². The molecule has 0 aliphatic carbocycles. The third kappa shape index (κ3) is 3.69. The Morgan fingerprint density at radius 1 is 1.08 bits per heavy atom. The van der Waals surface area contributed by atoms with Gasteiger partial charge in [0.2, 0.25) is 0 Å². The molecule has 0 aromatic heterocycles. The van der Waals surface area contributed by atoms with E-state index >= 15 is 0 Å². The highest BCUT2D eigenvalue weighted by molar-refractivity contribution is 5.91. The van der Waals surface area contributed by atoms with Crippen molar-refractivity contribution in [1.82, 2.24) is 4.90 Å². The smallest absolute Gasteiger partial charge is 0.322 e. The van der Waals surface area contributed by atoms with Gasteiger partial charge < -0.3 is 15.1 Å². The molecular weight excluding hydrogens is 326 g/mol. The number of piperazine rings is 1. The van der Waals surface area contributed by atoms with E-state index in [1.807, 2.05) is 11.0 Å². The molecule has 1 heterocycles. The molecule has 0 saturated carbocycles. The number of hydrogen-bond donors (Lipinski definition) is 1. The van der Waals surface area contributed by atoms with Crippen LogP contribution in [0.5, 0.6) is 0 Å². The largest absolute Gasteiger partial charge is 0.366 e. The summed E-state index contributed by atoms with van der Waals surface area (Å²) in [6.45, 7) is 1.85. The molecule has 1 fully saturated rings. The lowest BCUT2D eigenvalue weighted by molar-refractivity contribution is 0.208. The number of amides is 2. The van der Waals surface area contributed by atoms with Crippen LogP contribution in [0.4, 0.5) is 25.0 Å². The van der Waals surface area contributed by atoms with Crippen molar-refractivity contribution in [3.63, 3.8) is 0 Å². The van der Waals surface area contributed by atoms with Gasteiger partial charge in [-0.05, 0) is 30.3 Å². The second-order valence-corrected chi connectivity index (χ2v) is 5.66. The minimum absolute atomic E-state index is 0.0679. The average Bonchev–Trinajstić information content (AvgIpc) is 2.63. The van der Waals surface area contributed by atoms with Crippen LogP contribution in [0.3, 0.4) is 0 Å². The van der Waals surface area contributed by atoms with Crippen molar-refractivity contribution in [3.8, 4) is 6.07 Å². The zero-order valence-electron chi connectivity index (χ0n) is 13.4. The summed E-state index contributed by atoms with van der Waals surface area (Å²) in [7, 11) is 0. The summed E-state index contributed by atoms with van der Waals surface area (Å²) in [5.74, 6) is -0.821. The van der Waals surface area contributed by atoms with E-state index in [4.69, 9.17) is 5.26 Å². The molecule has 1 saturated heterocycles. The number of anilines is 2. The number of nitriles is 1. The molecule has 2 amide bonds. The number of nitrogens with one attached hydrogen (secondary N) is 1. The number of carbonyl (C=O) groups is 1. The van der Waals surface area contributed by atoms with Crippen LogP contribution < -0.4 is 10.2 Å². The monoisotopic (exact) mass is 342 g/mol. The molecule has 0 atom stereocenters. The lowest BCUT2D eigenvalue weighted by Gasteiger charge is -2.36. The first kappa shape index (κ1) is 16.7. The lowest BCUT2D eigenvalue weighted by atomic mass is 10.2. The molecule has 25 heavy (non-hydrogen) atoms. The van der Waals surface area contributed by atoms with E-state index in [2.05, 4.69) is 5.32 Å². The van der Waals surface area contributed by atoms with Gasteiger partial charge in [0.1, 0.15) is 17.7 Å². The minimum Gasteiger partial charge on any atom is -0.366 e.